The average molecular weight is 216 g/mol. The lowest BCUT2D eigenvalue weighted by atomic mass is 9.81. The summed E-state index contributed by atoms with van der Waals surface area (Å²) in [7, 11) is -0.673. The van der Waals surface area contributed by atoms with Crippen LogP contribution in [-0.4, -0.2) is 21.2 Å². The molecule has 14 heavy (non-hydrogen) atoms. The van der Waals surface area contributed by atoms with Gasteiger partial charge in [-0.3, -0.25) is 0 Å². The van der Waals surface area contributed by atoms with Crippen LogP contribution in [0.2, 0.25) is 13.1 Å². The molecule has 0 rings (SSSR count). The molecule has 0 saturated carbocycles. The summed E-state index contributed by atoms with van der Waals surface area (Å²) >= 11 is 0. The highest BCUT2D eigenvalue weighted by atomic mass is 28.3. The Morgan fingerprint density at radius 1 is 1.14 bits per heavy atom. The summed E-state index contributed by atoms with van der Waals surface area (Å²) in [4.78, 5) is 0. The van der Waals surface area contributed by atoms with Crippen molar-refractivity contribution in [2.75, 3.05) is 0 Å². The van der Waals surface area contributed by atoms with Gasteiger partial charge >= 0.3 is 0 Å². The van der Waals surface area contributed by atoms with E-state index >= 15 is 0 Å². The molecule has 0 bridgehead atoms. The molecule has 2 atom stereocenters. The second kappa shape index (κ2) is 5.28. The first kappa shape index (κ1) is 14.1. The van der Waals surface area contributed by atoms with E-state index in [0.29, 0.717) is 5.92 Å². The van der Waals surface area contributed by atoms with Gasteiger partial charge in [0, 0.05) is 6.04 Å². The van der Waals surface area contributed by atoms with Crippen LogP contribution in [0.5, 0.6) is 0 Å². The highest BCUT2D eigenvalue weighted by molar-refractivity contribution is 6.48. The van der Waals surface area contributed by atoms with Crippen LogP contribution in [0, 0.1) is 11.3 Å². The van der Waals surface area contributed by atoms with Crippen molar-refractivity contribution < 1.29 is 4.43 Å². The Kier molecular flexibility index (Phi) is 5.34. The molecule has 0 saturated heterocycles. The summed E-state index contributed by atoms with van der Waals surface area (Å²) in [6.45, 7) is 15.2. The maximum Gasteiger partial charge on any atom is 0.205 e. The van der Waals surface area contributed by atoms with Gasteiger partial charge in [-0.05, 0) is 24.4 Å². The summed E-state index contributed by atoms with van der Waals surface area (Å²) in [5.41, 5.74) is 6.32. The van der Waals surface area contributed by atoms with Gasteiger partial charge in [0.25, 0.3) is 0 Å². The number of rotatable bonds is 4. The number of nitrogens with two attached hydrogens (primary N) is 1. The van der Waals surface area contributed by atoms with E-state index in [0.717, 1.165) is 0 Å². The fourth-order valence-corrected chi connectivity index (χ4v) is 2.45. The van der Waals surface area contributed by atoms with Crippen LogP contribution in [0.25, 0.3) is 0 Å². The van der Waals surface area contributed by atoms with Crippen molar-refractivity contribution >= 4 is 9.04 Å². The Hall–Kier alpha value is 0.137. The lowest BCUT2D eigenvalue weighted by Gasteiger charge is -2.38. The van der Waals surface area contributed by atoms with Crippen LogP contribution in [0.4, 0.5) is 0 Å². The molecule has 2 N–H and O–H groups in total. The first-order chi connectivity index (χ1) is 6.16. The van der Waals surface area contributed by atoms with Crippen molar-refractivity contribution in [3.05, 3.63) is 0 Å². The minimum absolute atomic E-state index is 0.131. The van der Waals surface area contributed by atoms with E-state index in [4.69, 9.17) is 10.2 Å². The molecule has 1 radical (unpaired) electrons. The van der Waals surface area contributed by atoms with E-state index in [-0.39, 0.29) is 17.6 Å². The van der Waals surface area contributed by atoms with Crippen molar-refractivity contribution in [1.82, 2.24) is 0 Å². The first-order valence-corrected chi connectivity index (χ1v) is 7.79. The van der Waals surface area contributed by atoms with E-state index in [9.17, 15) is 0 Å². The van der Waals surface area contributed by atoms with Gasteiger partial charge in [0.05, 0.1) is 6.10 Å². The number of hydrogen-bond acceptors (Lipinski definition) is 2. The summed E-state index contributed by atoms with van der Waals surface area (Å²) in [6, 6.07) is 0.134. The smallest absolute Gasteiger partial charge is 0.205 e. The highest BCUT2D eigenvalue weighted by Gasteiger charge is 2.33. The summed E-state index contributed by atoms with van der Waals surface area (Å²) in [6.07, 6.45) is 0.173. The van der Waals surface area contributed by atoms with E-state index in [1.54, 1.807) is 0 Å². The van der Waals surface area contributed by atoms with Crippen molar-refractivity contribution in [3.63, 3.8) is 0 Å². The van der Waals surface area contributed by atoms with Crippen LogP contribution in [-0.2, 0) is 4.43 Å². The van der Waals surface area contributed by atoms with Crippen LogP contribution < -0.4 is 5.73 Å². The van der Waals surface area contributed by atoms with Gasteiger partial charge in [-0.1, -0.05) is 34.6 Å². The molecular formula is C11H26NOSi. The van der Waals surface area contributed by atoms with Gasteiger partial charge in [0.1, 0.15) is 0 Å². The average Bonchev–Trinajstić information content (AvgIpc) is 1.96. The first-order valence-electron chi connectivity index (χ1n) is 5.38. The molecule has 0 aromatic heterocycles. The van der Waals surface area contributed by atoms with Crippen molar-refractivity contribution in [2.24, 2.45) is 17.1 Å². The van der Waals surface area contributed by atoms with E-state index in [1.807, 2.05) is 0 Å². The SMILES string of the molecule is CC(C)[C@H](N)C(O[Si](C)C)C(C)(C)C. The van der Waals surface area contributed by atoms with E-state index < -0.39 is 9.04 Å². The zero-order valence-electron chi connectivity index (χ0n) is 10.7. The minimum Gasteiger partial charge on any atom is -0.412 e. The summed E-state index contributed by atoms with van der Waals surface area (Å²) < 4.78 is 6.01. The minimum atomic E-state index is -0.673. The third-order valence-corrected chi connectivity index (χ3v) is 3.06. The molecule has 0 aromatic rings. The van der Waals surface area contributed by atoms with E-state index in [1.165, 1.54) is 0 Å². The van der Waals surface area contributed by atoms with Gasteiger partial charge in [-0.25, -0.2) is 0 Å². The van der Waals surface area contributed by atoms with Crippen LogP contribution in [0.3, 0.4) is 0 Å². The van der Waals surface area contributed by atoms with Crippen molar-refractivity contribution in [2.45, 2.75) is 59.9 Å². The molecule has 0 fully saturated rings. The van der Waals surface area contributed by atoms with E-state index in [2.05, 4.69) is 47.7 Å². The zero-order valence-corrected chi connectivity index (χ0v) is 11.7. The fourth-order valence-electron chi connectivity index (χ4n) is 1.44. The Morgan fingerprint density at radius 3 is 1.79 bits per heavy atom. The molecule has 0 aliphatic carbocycles. The molecule has 0 aromatic carbocycles. The molecule has 0 heterocycles. The zero-order chi connectivity index (χ0) is 11.5. The number of hydrogen-bond donors (Lipinski definition) is 1. The summed E-state index contributed by atoms with van der Waals surface area (Å²) in [5, 5.41) is 0. The van der Waals surface area contributed by atoms with Gasteiger partial charge in [-0.15, -0.1) is 0 Å². The Bertz CT molecular complexity index is 163. The monoisotopic (exact) mass is 216 g/mol. The molecule has 0 amide bonds. The maximum atomic E-state index is 6.19. The van der Waals surface area contributed by atoms with Crippen LogP contribution in [0.1, 0.15) is 34.6 Å². The lowest BCUT2D eigenvalue weighted by Crippen LogP contribution is -2.49. The molecular weight excluding hydrogens is 190 g/mol. The third kappa shape index (κ3) is 4.58. The Morgan fingerprint density at radius 2 is 1.57 bits per heavy atom. The highest BCUT2D eigenvalue weighted by Crippen LogP contribution is 2.27. The van der Waals surface area contributed by atoms with Crippen LogP contribution in [0.15, 0.2) is 0 Å². The molecule has 0 spiro atoms. The summed E-state index contributed by atoms with van der Waals surface area (Å²) in [5.74, 6) is 0.473. The van der Waals surface area contributed by atoms with Crippen molar-refractivity contribution in [1.29, 1.82) is 0 Å². The molecule has 85 valence electrons. The quantitative estimate of drug-likeness (QED) is 0.733. The fraction of sp³-hybridized carbons (Fsp3) is 1.00. The molecule has 1 unspecified atom stereocenters. The maximum absolute atomic E-state index is 6.19. The Labute approximate surface area is 90.9 Å². The van der Waals surface area contributed by atoms with Gasteiger partial charge in [-0.2, -0.15) is 0 Å². The van der Waals surface area contributed by atoms with Gasteiger partial charge in [0.2, 0.25) is 9.04 Å². The second-order valence-electron chi connectivity index (χ2n) is 5.63. The standard InChI is InChI=1S/C11H26NOSi/c1-8(2)9(12)10(11(3,4)5)13-14(6)7/h8-10H,12H2,1-7H3/t9-,10?/m0/s1. The third-order valence-electron chi connectivity index (χ3n) is 2.34. The molecule has 2 nitrogen and oxygen atoms in total. The predicted octanol–water partition coefficient (Wildman–Crippen LogP) is 2.65. The van der Waals surface area contributed by atoms with Crippen molar-refractivity contribution in [3.8, 4) is 0 Å². The molecule has 0 aliphatic rings. The van der Waals surface area contributed by atoms with Crippen LogP contribution >= 0.6 is 0 Å². The Balaban J connectivity index is 4.56. The van der Waals surface area contributed by atoms with Gasteiger partial charge < -0.3 is 10.2 Å². The second-order valence-corrected chi connectivity index (χ2v) is 7.69. The largest absolute Gasteiger partial charge is 0.412 e. The molecule has 3 heteroatoms. The normalized spacial score (nSPS) is 17.6. The predicted molar refractivity (Wildman–Crippen MR) is 64.6 cm³/mol. The lowest BCUT2D eigenvalue weighted by molar-refractivity contribution is 0.0487. The molecule has 0 aliphatic heterocycles. The topological polar surface area (TPSA) is 35.2 Å². The van der Waals surface area contributed by atoms with Gasteiger partial charge in [0.15, 0.2) is 0 Å².